The molecule has 0 unspecified atom stereocenters. The number of hydrogen-bond acceptors (Lipinski definition) is 4. The Hall–Kier alpha value is -7.17. The fourth-order valence-corrected chi connectivity index (χ4v) is 7.18. The first-order chi connectivity index (χ1) is 26.6. The summed E-state index contributed by atoms with van der Waals surface area (Å²) in [6, 6.07) is 56.5. The van der Waals surface area contributed by atoms with E-state index in [2.05, 4.69) is 153 Å². The van der Waals surface area contributed by atoms with Crippen LogP contribution < -0.4 is 0 Å². The van der Waals surface area contributed by atoms with Gasteiger partial charge in [-0.05, 0) is 75.7 Å². The molecule has 0 spiro atoms. The molecule has 0 N–H and O–H groups in total. The molecular formula is C50H35N3O. The molecule has 0 bridgehead atoms. The first-order valence-corrected chi connectivity index (χ1v) is 18.1. The molecule has 7 aromatic carbocycles. The summed E-state index contributed by atoms with van der Waals surface area (Å²) >= 11 is 0. The molecule has 256 valence electrons. The van der Waals surface area contributed by atoms with E-state index in [1.54, 1.807) is 0 Å². The predicted molar refractivity (Wildman–Crippen MR) is 224 cm³/mol. The van der Waals surface area contributed by atoms with E-state index in [-0.39, 0.29) is 0 Å². The summed E-state index contributed by atoms with van der Waals surface area (Å²) in [5.41, 5.74) is 13.3. The second-order valence-electron chi connectivity index (χ2n) is 13.3. The zero-order chi connectivity index (χ0) is 36.4. The van der Waals surface area contributed by atoms with E-state index in [9.17, 15) is 0 Å². The van der Waals surface area contributed by atoms with E-state index in [1.807, 2.05) is 42.5 Å². The van der Waals surface area contributed by atoms with E-state index >= 15 is 0 Å². The lowest BCUT2D eigenvalue weighted by Gasteiger charge is -2.15. The number of rotatable bonds is 8. The van der Waals surface area contributed by atoms with E-state index in [0.29, 0.717) is 17.5 Å². The normalized spacial score (nSPS) is 11.4. The monoisotopic (exact) mass is 693 g/mol. The third-order valence-corrected chi connectivity index (χ3v) is 9.87. The topological polar surface area (TPSA) is 51.8 Å². The lowest BCUT2D eigenvalue weighted by molar-refractivity contribution is 0.669. The van der Waals surface area contributed by atoms with Crippen LogP contribution in [0.5, 0.6) is 0 Å². The maximum atomic E-state index is 6.32. The third kappa shape index (κ3) is 6.20. The van der Waals surface area contributed by atoms with Crippen LogP contribution in [-0.4, -0.2) is 15.0 Å². The SMILES string of the molecule is C=C/C=C\c1c(C)cc(-c2nc(-c3ccc(-c4ccccc4)cc3)nc(-c3ccc(-c4ccccc4)cc3)n2)cc1-c1cccc2oc3ccccc3c12. The van der Waals surface area contributed by atoms with Crippen molar-refractivity contribution in [3.8, 4) is 67.5 Å². The van der Waals surface area contributed by atoms with Gasteiger partial charge in [0.15, 0.2) is 17.5 Å². The molecule has 0 amide bonds. The predicted octanol–water partition coefficient (Wildman–Crippen LogP) is 13.3. The third-order valence-electron chi connectivity index (χ3n) is 9.87. The Morgan fingerprint density at radius 1 is 0.463 bits per heavy atom. The number of hydrogen-bond donors (Lipinski definition) is 0. The average molecular weight is 694 g/mol. The summed E-state index contributed by atoms with van der Waals surface area (Å²) in [6.45, 7) is 6.08. The van der Waals surface area contributed by atoms with Crippen LogP contribution in [0.25, 0.3) is 95.6 Å². The maximum absolute atomic E-state index is 6.32. The highest BCUT2D eigenvalue weighted by atomic mass is 16.3. The number of aromatic nitrogens is 3. The number of allylic oxidation sites excluding steroid dienone is 2. The van der Waals surface area contributed by atoms with Crippen molar-refractivity contribution in [2.75, 3.05) is 0 Å². The summed E-state index contributed by atoms with van der Waals surface area (Å²) in [5, 5.41) is 2.15. The van der Waals surface area contributed by atoms with Gasteiger partial charge < -0.3 is 4.42 Å². The van der Waals surface area contributed by atoms with Crippen molar-refractivity contribution in [3.63, 3.8) is 0 Å². The van der Waals surface area contributed by atoms with Crippen molar-refractivity contribution in [1.82, 2.24) is 15.0 Å². The van der Waals surface area contributed by atoms with Crippen molar-refractivity contribution >= 4 is 28.0 Å². The fraction of sp³-hybridized carbons (Fsp3) is 0.0200. The summed E-state index contributed by atoms with van der Waals surface area (Å²) in [7, 11) is 0. The van der Waals surface area contributed by atoms with Gasteiger partial charge in [0.2, 0.25) is 0 Å². The molecule has 0 aliphatic rings. The molecule has 0 atom stereocenters. The van der Waals surface area contributed by atoms with Gasteiger partial charge in [-0.15, -0.1) is 0 Å². The van der Waals surface area contributed by atoms with Crippen molar-refractivity contribution in [3.05, 3.63) is 194 Å². The molecule has 2 heterocycles. The molecule has 0 radical (unpaired) electrons. The van der Waals surface area contributed by atoms with Crippen LogP contribution in [-0.2, 0) is 0 Å². The molecule has 0 fully saturated rings. The molecular weight excluding hydrogens is 659 g/mol. The van der Waals surface area contributed by atoms with Crippen LogP contribution in [0.1, 0.15) is 11.1 Å². The minimum absolute atomic E-state index is 0.599. The van der Waals surface area contributed by atoms with Gasteiger partial charge in [0.05, 0.1) is 0 Å². The molecule has 4 heteroatoms. The van der Waals surface area contributed by atoms with Crippen molar-refractivity contribution in [2.45, 2.75) is 6.92 Å². The van der Waals surface area contributed by atoms with Gasteiger partial charge >= 0.3 is 0 Å². The van der Waals surface area contributed by atoms with Gasteiger partial charge in [-0.2, -0.15) is 0 Å². The van der Waals surface area contributed by atoms with Crippen molar-refractivity contribution < 1.29 is 4.42 Å². The molecule has 0 aliphatic carbocycles. The number of fused-ring (bicyclic) bond motifs is 3. The van der Waals surface area contributed by atoms with Crippen molar-refractivity contribution in [1.29, 1.82) is 0 Å². The van der Waals surface area contributed by atoms with Gasteiger partial charge in [0.25, 0.3) is 0 Å². The first-order valence-electron chi connectivity index (χ1n) is 18.1. The van der Waals surface area contributed by atoms with E-state index < -0.39 is 0 Å². The number of para-hydroxylation sites is 1. The van der Waals surface area contributed by atoms with Gasteiger partial charge in [-0.25, -0.2) is 15.0 Å². The van der Waals surface area contributed by atoms with Gasteiger partial charge in [-0.1, -0.05) is 164 Å². The lowest BCUT2D eigenvalue weighted by atomic mass is 9.90. The average Bonchev–Trinajstić information content (AvgIpc) is 3.63. The summed E-state index contributed by atoms with van der Waals surface area (Å²) in [4.78, 5) is 15.4. The Labute approximate surface area is 314 Å². The van der Waals surface area contributed by atoms with E-state index in [1.165, 1.54) is 0 Å². The minimum Gasteiger partial charge on any atom is -0.456 e. The summed E-state index contributed by atoms with van der Waals surface area (Å²) < 4.78 is 6.32. The standard InChI is InChI=1S/C50H35N3O/c1-3-4-18-41-33(2)31-40(32-44(41)42-20-13-22-46-47(42)43-19-11-12-21-45(43)54-46)50-52-48(38-27-23-36(24-28-38)34-14-7-5-8-15-34)51-49(53-50)39-29-25-37(26-30-39)35-16-9-6-10-17-35/h3-32H,1H2,2H3/b18-4-. The lowest BCUT2D eigenvalue weighted by Crippen LogP contribution is -2.01. The second-order valence-corrected chi connectivity index (χ2v) is 13.3. The van der Waals surface area contributed by atoms with Gasteiger partial charge in [-0.3, -0.25) is 0 Å². The summed E-state index contributed by atoms with van der Waals surface area (Å²) in [6.07, 6.45) is 5.91. The number of aryl methyl sites for hydroxylation is 1. The molecule has 2 aromatic heterocycles. The second kappa shape index (κ2) is 14.1. The van der Waals surface area contributed by atoms with Gasteiger partial charge in [0.1, 0.15) is 11.2 Å². The highest BCUT2D eigenvalue weighted by Gasteiger charge is 2.19. The summed E-state index contributed by atoms with van der Waals surface area (Å²) in [5.74, 6) is 1.82. The van der Waals surface area contributed by atoms with Crippen LogP contribution in [0, 0.1) is 6.92 Å². The largest absolute Gasteiger partial charge is 0.456 e. The van der Waals surface area contributed by atoms with Crippen LogP contribution in [0.3, 0.4) is 0 Å². The van der Waals surface area contributed by atoms with Gasteiger partial charge in [0, 0.05) is 27.5 Å². The van der Waals surface area contributed by atoms with Crippen LogP contribution >= 0.6 is 0 Å². The molecule has 54 heavy (non-hydrogen) atoms. The zero-order valence-corrected chi connectivity index (χ0v) is 29.8. The Balaban J connectivity index is 1.23. The van der Waals surface area contributed by atoms with Crippen LogP contribution in [0.2, 0.25) is 0 Å². The number of furan rings is 1. The maximum Gasteiger partial charge on any atom is 0.164 e. The number of benzene rings is 7. The highest BCUT2D eigenvalue weighted by Crippen LogP contribution is 2.41. The fourth-order valence-electron chi connectivity index (χ4n) is 7.18. The Kier molecular flexibility index (Phi) is 8.54. The first kappa shape index (κ1) is 32.7. The number of nitrogens with zero attached hydrogens (tertiary/aromatic N) is 3. The highest BCUT2D eigenvalue weighted by molar-refractivity contribution is 6.13. The Morgan fingerprint density at radius 2 is 0.963 bits per heavy atom. The quantitative estimate of drug-likeness (QED) is 0.149. The molecule has 0 saturated heterocycles. The molecule has 4 nitrogen and oxygen atoms in total. The Morgan fingerprint density at radius 3 is 1.56 bits per heavy atom. The molecule has 9 aromatic rings. The van der Waals surface area contributed by atoms with Crippen LogP contribution in [0.4, 0.5) is 0 Å². The van der Waals surface area contributed by atoms with E-state index in [0.717, 1.165) is 83.1 Å². The molecule has 0 saturated carbocycles. The Bertz CT molecular complexity index is 2720. The van der Waals surface area contributed by atoms with E-state index in [4.69, 9.17) is 19.4 Å². The van der Waals surface area contributed by atoms with Crippen LogP contribution in [0.15, 0.2) is 187 Å². The minimum atomic E-state index is 0.599. The molecule has 0 aliphatic heterocycles. The molecule has 9 rings (SSSR count). The van der Waals surface area contributed by atoms with Crippen molar-refractivity contribution in [2.24, 2.45) is 0 Å². The zero-order valence-electron chi connectivity index (χ0n) is 29.8. The smallest absolute Gasteiger partial charge is 0.164 e.